The lowest BCUT2D eigenvalue weighted by Crippen LogP contribution is -2.29. The average Bonchev–Trinajstić information content (AvgIpc) is 3.11. The number of hydrogen-bond donors (Lipinski definition) is 2. The van der Waals surface area contributed by atoms with Crippen molar-refractivity contribution in [1.29, 1.82) is 0 Å². The smallest absolute Gasteiger partial charge is 0.250 e. The van der Waals surface area contributed by atoms with Gasteiger partial charge in [-0.2, -0.15) is 0 Å². The van der Waals surface area contributed by atoms with E-state index in [9.17, 15) is 8.42 Å². The molecule has 0 aliphatic heterocycles. The fraction of sp³-hybridized carbons (Fsp3) is 0.692. The summed E-state index contributed by atoms with van der Waals surface area (Å²) < 4.78 is 32.3. The summed E-state index contributed by atoms with van der Waals surface area (Å²) in [6, 6.07) is 4.19. The lowest BCUT2D eigenvalue weighted by molar-refractivity contribution is 0.161. The molecule has 20 heavy (non-hydrogen) atoms. The van der Waals surface area contributed by atoms with Crippen LogP contribution in [0, 0.1) is 5.92 Å². The topological polar surface area (TPSA) is 67.4 Å². The van der Waals surface area contributed by atoms with E-state index in [1.807, 2.05) is 13.0 Å². The molecule has 1 unspecified atom stereocenters. The van der Waals surface area contributed by atoms with Crippen LogP contribution in [-0.2, 0) is 21.3 Å². The second-order valence-electron chi connectivity index (χ2n) is 5.29. The van der Waals surface area contributed by atoms with Crippen LogP contribution in [0.25, 0.3) is 0 Å². The van der Waals surface area contributed by atoms with E-state index >= 15 is 0 Å². The number of methoxy groups -OCH3 is 1. The van der Waals surface area contributed by atoms with Crippen molar-refractivity contribution < 1.29 is 13.2 Å². The van der Waals surface area contributed by atoms with Crippen molar-refractivity contribution in [2.75, 3.05) is 20.3 Å². The first-order valence-electron chi connectivity index (χ1n) is 6.82. The first kappa shape index (κ1) is 15.9. The molecule has 0 radical (unpaired) electrons. The molecule has 0 amide bonds. The molecule has 0 saturated heterocycles. The molecule has 1 fully saturated rings. The molecular weight excluding hydrogens is 296 g/mol. The van der Waals surface area contributed by atoms with Gasteiger partial charge >= 0.3 is 0 Å². The lowest BCUT2D eigenvalue weighted by Gasteiger charge is -2.10. The quantitative estimate of drug-likeness (QED) is 0.725. The summed E-state index contributed by atoms with van der Waals surface area (Å²) in [6.07, 6.45) is 2.46. The van der Waals surface area contributed by atoms with Crippen LogP contribution in [-0.4, -0.2) is 34.7 Å². The molecule has 1 saturated carbocycles. The van der Waals surface area contributed by atoms with Crippen LogP contribution in [0.3, 0.4) is 0 Å². The Balaban J connectivity index is 1.87. The summed E-state index contributed by atoms with van der Waals surface area (Å²) >= 11 is 1.33. The fourth-order valence-electron chi connectivity index (χ4n) is 1.80. The molecule has 2 rings (SSSR count). The molecule has 5 nitrogen and oxygen atoms in total. The standard InChI is InChI=1S/C13H22N2O3S2/c1-10(9-18-2)7-15-20(16,17)13-6-5-12(19-13)8-14-11-3-4-11/h5-6,10-11,14-15H,3-4,7-9H2,1-2H3. The minimum Gasteiger partial charge on any atom is -0.384 e. The number of thiophene rings is 1. The molecule has 1 heterocycles. The molecule has 7 heteroatoms. The Hall–Kier alpha value is -0.470. The zero-order valence-corrected chi connectivity index (χ0v) is 13.5. The maximum absolute atomic E-state index is 12.1. The van der Waals surface area contributed by atoms with Crippen LogP contribution < -0.4 is 10.0 Å². The summed E-state index contributed by atoms with van der Waals surface area (Å²) in [5, 5.41) is 3.38. The van der Waals surface area contributed by atoms with Crippen molar-refractivity contribution in [3.05, 3.63) is 17.0 Å². The highest BCUT2D eigenvalue weighted by Gasteiger charge is 2.21. The van der Waals surface area contributed by atoms with Crippen LogP contribution in [0.1, 0.15) is 24.6 Å². The van der Waals surface area contributed by atoms with E-state index in [2.05, 4.69) is 10.0 Å². The Morgan fingerprint density at radius 1 is 1.45 bits per heavy atom. The molecule has 114 valence electrons. The number of nitrogens with one attached hydrogen (secondary N) is 2. The van der Waals surface area contributed by atoms with Crippen LogP contribution in [0.2, 0.25) is 0 Å². The van der Waals surface area contributed by atoms with Crippen LogP contribution in [0.4, 0.5) is 0 Å². The Labute approximate surface area is 124 Å². The summed E-state index contributed by atoms with van der Waals surface area (Å²) in [5.74, 6) is 0.158. The van der Waals surface area contributed by atoms with Gasteiger partial charge in [-0.3, -0.25) is 0 Å². The molecule has 1 aromatic rings. The highest BCUT2D eigenvalue weighted by Crippen LogP contribution is 2.24. The van der Waals surface area contributed by atoms with Gasteiger partial charge in [0.2, 0.25) is 10.0 Å². The van der Waals surface area contributed by atoms with Crippen molar-refractivity contribution in [3.63, 3.8) is 0 Å². The molecular formula is C13H22N2O3S2. The monoisotopic (exact) mass is 318 g/mol. The Morgan fingerprint density at radius 3 is 2.85 bits per heavy atom. The van der Waals surface area contributed by atoms with Gasteiger partial charge < -0.3 is 10.1 Å². The summed E-state index contributed by atoms with van der Waals surface area (Å²) in [5.41, 5.74) is 0. The molecule has 1 atom stereocenters. The SMILES string of the molecule is COCC(C)CNS(=O)(=O)c1ccc(CNC2CC2)s1. The average molecular weight is 318 g/mol. The van der Waals surface area contributed by atoms with E-state index in [-0.39, 0.29) is 5.92 Å². The van der Waals surface area contributed by atoms with Gasteiger partial charge in [0.05, 0.1) is 0 Å². The van der Waals surface area contributed by atoms with Crippen molar-refractivity contribution in [2.24, 2.45) is 5.92 Å². The number of rotatable bonds is 9. The lowest BCUT2D eigenvalue weighted by atomic mass is 10.2. The van der Waals surface area contributed by atoms with Crippen molar-refractivity contribution in [3.8, 4) is 0 Å². The fourth-order valence-corrected chi connectivity index (χ4v) is 4.31. The van der Waals surface area contributed by atoms with E-state index < -0.39 is 10.0 Å². The van der Waals surface area contributed by atoms with E-state index in [0.717, 1.165) is 11.4 Å². The minimum absolute atomic E-state index is 0.158. The third kappa shape index (κ3) is 4.82. The third-order valence-electron chi connectivity index (χ3n) is 3.12. The summed E-state index contributed by atoms with van der Waals surface area (Å²) in [7, 11) is -1.78. The van der Waals surface area contributed by atoms with Gasteiger partial charge in [0, 0.05) is 37.7 Å². The molecule has 0 aromatic carbocycles. The normalized spacial score (nSPS) is 17.3. The molecule has 2 N–H and O–H groups in total. The third-order valence-corrected chi connectivity index (χ3v) is 6.12. The zero-order chi connectivity index (χ0) is 14.6. The first-order valence-corrected chi connectivity index (χ1v) is 9.12. The van der Waals surface area contributed by atoms with Crippen LogP contribution >= 0.6 is 11.3 Å². The molecule has 0 bridgehead atoms. The predicted octanol–water partition coefficient (Wildman–Crippen LogP) is 1.56. The van der Waals surface area contributed by atoms with E-state index in [0.29, 0.717) is 23.4 Å². The first-order chi connectivity index (χ1) is 9.51. The molecule has 1 aromatic heterocycles. The van der Waals surface area contributed by atoms with Gasteiger partial charge in [-0.1, -0.05) is 6.92 Å². The van der Waals surface area contributed by atoms with Gasteiger partial charge in [0.25, 0.3) is 0 Å². The number of hydrogen-bond acceptors (Lipinski definition) is 5. The predicted molar refractivity (Wildman–Crippen MR) is 80.4 cm³/mol. The van der Waals surface area contributed by atoms with Gasteiger partial charge in [0.1, 0.15) is 4.21 Å². The molecule has 1 aliphatic carbocycles. The maximum atomic E-state index is 12.1. The minimum atomic E-state index is -3.39. The highest BCUT2D eigenvalue weighted by atomic mass is 32.2. The summed E-state index contributed by atoms with van der Waals surface area (Å²) in [6.45, 7) is 3.64. The molecule has 0 spiro atoms. The second kappa shape index (κ2) is 7.00. The Bertz CT molecular complexity index is 523. The Kier molecular flexibility index (Phi) is 5.57. The number of sulfonamides is 1. The van der Waals surface area contributed by atoms with Crippen molar-refractivity contribution >= 4 is 21.4 Å². The van der Waals surface area contributed by atoms with Crippen LogP contribution in [0.5, 0.6) is 0 Å². The van der Waals surface area contributed by atoms with Crippen LogP contribution in [0.15, 0.2) is 16.3 Å². The van der Waals surface area contributed by atoms with E-state index in [1.54, 1.807) is 13.2 Å². The molecule has 1 aliphatic rings. The van der Waals surface area contributed by atoms with Gasteiger partial charge in [-0.05, 0) is 30.9 Å². The Morgan fingerprint density at radius 2 is 2.20 bits per heavy atom. The largest absolute Gasteiger partial charge is 0.384 e. The van der Waals surface area contributed by atoms with Crippen molar-refractivity contribution in [2.45, 2.75) is 36.6 Å². The van der Waals surface area contributed by atoms with Gasteiger partial charge in [-0.15, -0.1) is 11.3 Å². The van der Waals surface area contributed by atoms with Gasteiger partial charge in [0.15, 0.2) is 0 Å². The van der Waals surface area contributed by atoms with Gasteiger partial charge in [-0.25, -0.2) is 13.1 Å². The van der Waals surface area contributed by atoms with E-state index in [4.69, 9.17) is 4.74 Å². The summed E-state index contributed by atoms with van der Waals surface area (Å²) in [4.78, 5) is 1.06. The second-order valence-corrected chi connectivity index (χ2v) is 8.45. The highest BCUT2D eigenvalue weighted by molar-refractivity contribution is 7.91. The van der Waals surface area contributed by atoms with Crippen molar-refractivity contribution in [1.82, 2.24) is 10.0 Å². The van der Waals surface area contributed by atoms with E-state index in [1.165, 1.54) is 24.2 Å². The number of ether oxygens (including phenoxy) is 1. The zero-order valence-electron chi connectivity index (χ0n) is 11.9. The maximum Gasteiger partial charge on any atom is 0.250 e.